The lowest BCUT2D eigenvalue weighted by Crippen LogP contribution is -2.44. The van der Waals surface area contributed by atoms with E-state index in [4.69, 9.17) is 0 Å². The molecule has 2 heteroatoms. The fourth-order valence-electron chi connectivity index (χ4n) is 2.12. The van der Waals surface area contributed by atoms with Crippen molar-refractivity contribution in [1.82, 2.24) is 0 Å². The second-order valence-corrected chi connectivity index (χ2v) is 4.39. The van der Waals surface area contributed by atoms with Gasteiger partial charge in [-0.3, -0.25) is 0 Å². The SMILES string of the molecule is CC(C)C1Nc2ccccc2NC1C. The first kappa shape index (κ1) is 9.38. The van der Waals surface area contributed by atoms with Gasteiger partial charge in [0.25, 0.3) is 0 Å². The number of hydrogen-bond acceptors (Lipinski definition) is 2. The Kier molecular flexibility index (Phi) is 2.36. The number of benzene rings is 1. The fourth-order valence-corrected chi connectivity index (χ4v) is 2.12. The van der Waals surface area contributed by atoms with Crippen molar-refractivity contribution in [2.75, 3.05) is 10.6 Å². The van der Waals surface area contributed by atoms with Crippen LogP contribution in [0.1, 0.15) is 20.8 Å². The molecule has 0 fully saturated rings. The average Bonchev–Trinajstić information content (AvgIpc) is 2.16. The van der Waals surface area contributed by atoms with Crippen molar-refractivity contribution in [3.05, 3.63) is 24.3 Å². The summed E-state index contributed by atoms with van der Waals surface area (Å²) in [7, 11) is 0. The lowest BCUT2D eigenvalue weighted by atomic mass is 9.94. The van der Waals surface area contributed by atoms with E-state index in [9.17, 15) is 0 Å². The highest BCUT2D eigenvalue weighted by Crippen LogP contribution is 2.30. The van der Waals surface area contributed by atoms with Crippen LogP contribution in [0.15, 0.2) is 24.3 Å². The summed E-state index contributed by atoms with van der Waals surface area (Å²) in [5, 5.41) is 7.11. The topological polar surface area (TPSA) is 24.1 Å². The van der Waals surface area contributed by atoms with Crippen molar-refractivity contribution in [3.63, 3.8) is 0 Å². The first-order chi connectivity index (χ1) is 6.68. The van der Waals surface area contributed by atoms with Gasteiger partial charge in [0.15, 0.2) is 0 Å². The molecule has 76 valence electrons. The molecule has 2 N–H and O–H groups in total. The zero-order chi connectivity index (χ0) is 10.1. The minimum absolute atomic E-state index is 0.491. The van der Waals surface area contributed by atoms with Crippen molar-refractivity contribution in [3.8, 4) is 0 Å². The lowest BCUT2D eigenvalue weighted by molar-refractivity contribution is 0.472. The molecule has 1 heterocycles. The Hall–Kier alpha value is -1.18. The predicted octanol–water partition coefficient (Wildman–Crippen LogP) is 2.94. The van der Waals surface area contributed by atoms with Crippen LogP contribution in [0.25, 0.3) is 0 Å². The summed E-state index contributed by atoms with van der Waals surface area (Å²) in [6.07, 6.45) is 0. The molecule has 0 spiro atoms. The van der Waals surface area contributed by atoms with Gasteiger partial charge >= 0.3 is 0 Å². The highest BCUT2D eigenvalue weighted by Gasteiger charge is 2.25. The molecule has 0 saturated heterocycles. The first-order valence-electron chi connectivity index (χ1n) is 5.30. The van der Waals surface area contributed by atoms with E-state index in [1.165, 1.54) is 11.4 Å². The summed E-state index contributed by atoms with van der Waals surface area (Å²) in [6, 6.07) is 9.39. The average molecular weight is 190 g/mol. The molecule has 1 aromatic rings. The van der Waals surface area contributed by atoms with Crippen LogP contribution >= 0.6 is 0 Å². The van der Waals surface area contributed by atoms with Crippen LogP contribution in [-0.2, 0) is 0 Å². The molecule has 0 aliphatic carbocycles. The molecule has 1 aromatic carbocycles. The van der Waals surface area contributed by atoms with Gasteiger partial charge in [0, 0.05) is 12.1 Å². The van der Waals surface area contributed by atoms with Crippen LogP contribution in [0.2, 0.25) is 0 Å². The van der Waals surface area contributed by atoms with E-state index < -0.39 is 0 Å². The van der Waals surface area contributed by atoms with Gasteiger partial charge in [0.1, 0.15) is 0 Å². The van der Waals surface area contributed by atoms with Crippen LogP contribution < -0.4 is 10.6 Å². The van der Waals surface area contributed by atoms with Crippen molar-refractivity contribution in [2.24, 2.45) is 5.92 Å². The Bertz CT molecular complexity index is 320. The van der Waals surface area contributed by atoms with Gasteiger partial charge in [-0.15, -0.1) is 0 Å². The zero-order valence-electron chi connectivity index (χ0n) is 9.04. The number of fused-ring (bicyclic) bond motifs is 1. The molecular formula is C12H18N2. The van der Waals surface area contributed by atoms with E-state index in [0.717, 1.165) is 0 Å². The Balaban J connectivity index is 2.27. The third kappa shape index (κ3) is 1.57. The summed E-state index contributed by atoms with van der Waals surface area (Å²) in [5.74, 6) is 0.644. The number of hydrogen-bond donors (Lipinski definition) is 2. The van der Waals surface area contributed by atoms with E-state index in [1.54, 1.807) is 0 Å². The normalized spacial score (nSPS) is 25.1. The van der Waals surface area contributed by atoms with E-state index in [2.05, 4.69) is 55.7 Å². The second-order valence-electron chi connectivity index (χ2n) is 4.39. The van der Waals surface area contributed by atoms with Crippen LogP contribution in [0.3, 0.4) is 0 Å². The highest BCUT2D eigenvalue weighted by atomic mass is 15.1. The molecule has 2 atom stereocenters. The third-order valence-corrected chi connectivity index (χ3v) is 2.89. The minimum Gasteiger partial charge on any atom is -0.379 e. The second kappa shape index (κ2) is 3.52. The molecule has 0 saturated carbocycles. The first-order valence-corrected chi connectivity index (χ1v) is 5.30. The van der Waals surface area contributed by atoms with Gasteiger partial charge in [-0.2, -0.15) is 0 Å². The van der Waals surface area contributed by atoms with Gasteiger partial charge in [-0.1, -0.05) is 26.0 Å². The van der Waals surface area contributed by atoms with Gasteiger partial charge in [0.2, 0.25) is 0 Å². The van der Waals surface area contributed by atoms with Gasteiger partial charge in [-0.05, 0) is 25.0 Å². The summed E-state index contributed by atoms with van der Waals surface area (Å²) < 4.78 is 0. The van der Waals surface area contributed by atoms with Crippen LogP contribution in [0, 0.1) is 5.92 Å². The smallest absolute Gasteiger partial charge is 0.0579 e. The molecule has 0 amide bonds. The van der Waals surface area contributed by atoms with Gasteiger partial charge in [0.05, 0.1) is 11.4 Å². The number of rotatable bonds is 1. The predicted molar refractivity (Wildman–Crippen MR) is 61.8 cm³/mol. The van der Waals surface area contributed by atoms with E-state index >= 15 is 0 Å². The molecule has 2 nitrogen and oxygen atoms in total. The maximum absolute atomic E-state index is 3.58. The Morgan fingerprint density at radius 2 is 1.64 bits per heavy atom. The number of nitrogens with one attached hydrogen (secondary N) is 2. The van der Waals surface area contributed by atoms with Crippen molar-refractivity contribution >= 4 is 11.4 Å². The standard InChI is InChI=1S/C12H18N2/c1-8(2)12-9(3)13-10-6-4-5-7-11(10)14-12/h4-9,12-14H,1-3H3. The van der Waals surface area contributed by atoms with Gasteiger partial charge in [-0.25, -0.2) is 0 Å². The van der Waals surface area contributed by atoms with Crippen LogP contribution in [0.5, 0.6) is 0 Å². The largest absolute Gasteiger partial charge is 0.379 e. The lowest BCUT2D eigenvalue weighted by Gasteiger charge is -2.36. The Labute approximate surface area is 85.7 Å². The van der Waals surface area contributed by atoms with Crippen molar-refractivity contribution in [2.45, 2.75) is 32.9 Å². The summed E-state index contributed by atoms with van der Waals surface area (Å²) in [6.45, 7) is 6.74. The van der Waals surface area contributed by atoms with Crippen molar-refractivity contribution < 1.29 is 0 Å². The Morgan fingerprint density at radius 3 is 2.21 bits per heavy atom. The number of para-hydroxylation sites is 2. The molecular weight excluding hydrogens is 172 g/mol. The molecule has 0 bridgehead atoms. The maximum Gasteiger partial charge on any atom is 0.0579 e. The highest BCUT2D eigenvalue weighted by molar-refractivity contribution is 5.71. The summed E-state index contributed by atoms with van der Waals surface area (Å²) in [5.41, 5.74) is 2.45. The Morgan fingerprint density at radius 1 is 1.07 bits per heavy atom. The summed E-state index contributed by atoms with van der Waals surface area (Å²) >= 11 is 0. The third-order valence-electron chi connectivity index (χ3n) is 2.89. The molecule has 0 aromatic heterocycles. The molecule has 1 aliphatic rings. The zero-order valence-corrected chi connectivity index (χ0v) is 9.04. The molecule has 14 heavy (non-hydrogen) atoms. The quantitative estimate of drug-likeness (QED) is 0.711. The molecule has 2 rings (SSSR count). The maximum atomic E-state index is 3.58. The monoisotopic (exact) mass is 190 g/mol. The van der Waals surface area contributed by atoms with Crippen LogP contribution in [-0.4, -0.2) is 12.1 Å². The summed E-state index contributed by atoms with van der Waals surface area (Å²) in [4.78, 5) is 0. The minimum atomic E-state index is 0.491. The molecule has 0 radical (unpaired) electrons. The van der Waals surface area contributed by atoms with E-state index in [-0.39, 0.29) is 0 Å². The van der Waals surface area contributed by atoms with Gasteiger partial charge < -0.3 is 10.6 Å². The van der Waals surface area contributed by atoms with Crippen molar-refractivity contribution in [1.29, 1.82) is 0 Å². The van der Waals surface area contributed by atoms with E-state index in [1.807, 2.05) is 0 Å². The van der Waals surface area contributed by atoms with E-state index in [0.29, 0.717) is 18.0 Å². The van der Waals surface area contributed by atoms with Crippen LogP contribution in [0.4, 0.5) is 11.4 Å². The fraction of sp³-hybridized carbons (Fsp3) is 0.500. The molecule has 2 unspecified atom stereocenters. The molecule has 1 aliphatic heterocycles. The number of anilines is 2.